The fraction of sp³-hybridized carbons (Fsp3) is 0.333. The molecule has 3 aromatic rings. The molecule has 0 atom stereocenters. The second kappa shape index (κ2) is 11.1. The molecule has 10 heteroatoms. The van der Waals surface area contributed by atoms with Crippen molar-refractivity contribution in [2.45, 2.75) is 6.42 Å². The van der Waals surface area contributed by atoms with Crippen LogP contribution in [0, 0.1) is 11.6 Å². The highest BCUT2D eigenvalue weighted by Crippen LogP contribution is 2.31. The van der Waals surface area contributed by atoms with Gasteiger partial charge in [0.2, 0.25) is 0 Å². The monoisotopic (exact) mass is 485 g/mol. The van der Waals surface area contributed by atoms with Crippen LogP contribution in [0.15, 0.2) is 35.7 Å². The number of ether oxygens (including phenoxy) is 1. The Hall–Kier alpha value is -1.91. The van der Waals surface area contributed by atoms with Crippen molar-refractivity contribution >= 4 is 62.4 Å². The number of morpholine rings is 1. The largest absolute Gasteiger partial charge is 0.379 e. The lowest BCUT2D eigenvalue weighted by atomic mass is 10.3. The van der Waals surface area contributed by atoms with Crippen LogP contribution in [-0.4, -0.2) is 55.2 Å². The maximum absolute atomic E-state index is 14.1. The van der Waals surface area contributed by atoms with Crippen molar-refractivity contribution in [1.82, 2.24) is 9.88 Å². The van der Waals surface area contributed by atoms with Crippen LogP contribution < -0.4 is 4.90 Å². The third-order valence-corrected chi connectivity index (χ3v) is 6.65. The van der Waals surface area contributed by atoms with Crippen LogP contribution >= 0.6 is 35.1 Å². The minimum Gasteiger partial charge on any atom is -0.379 e. The molecule has 1 aliphatic heterocycles. The SMILES string of the molecule is Cl.O=C(C=Cc1cccs1)N(CCCN1CCOCC1)c1nc2c(F)cc(F)cc2s1. The molecular formula is C21H22ClF2N3O2S2. The molecule has 0 saturated carbocycles. The van der Waals surface area contributed by atoms with Crippen molar-refractivity contribution in [2.24, 2.45) is 0 Å². The first-order valence-corrected chi connectivity index (χ1v) is 11.4. The number of benzene rings is 1. The van der Waals surface area contributed by atoms with E-state index in [2.05, 4.69) is 9.88 Å². The van der Waals surface area contributed by atoms with Crippen molar-refractivity contribution in [3.63, 3.8) is 0 Å². The zero-order valence-corrected chi connectivity index (χ0v) is 19.1. The first-order valence-electron chi connectivity index (χ1n) is 9.69. The van der Waals surface area contributed by atoms with Crippen LogP contribution in [0.5, 0.6) is 0 Å². The zero-order chi connectivity index (χ0) is 20.9. The Kier molecular flexibility index (Phi) is 8.50. The third-order valence-electron chi connectivity index (χ3n) is 4.79. The fourth-order valence-electron chi connectivity index (χ4n) is 3.27. The van der Waals surface area contributed by atoms with E-state index in [1.165, 1.54) is 23.5 Å². The molecule has 0 spiro atoms. The standard InChI is InChI=1S/C21H21F2N3O2S2.ClH/c22-15-13-17(23)20-18(14-15)30-21(24-20)26(7-2-6-25-8-10-28-11-9-25)19(27)5-4-16-3-1-12-29-16;/h1,3-5,12-14H,2,6-11H2;1H. The number of aromatic nitrogens is 1. The summed E-state index contributed by atoms with van der Waals surface area (Å²) in [6.07, 6.45) is 4.00. The van der Waals surface area contributed by atoms with E-state index in [0.29, 0.717) is 16.4 Å². The van der Waals surface area contributed by atoms with Gasteiger partial charge in [0, 0.05) is 43.2 Å². The minimum atomic E-state index is -0.720. The van der Waals surface area contributed by atoms with Crippen LogP contribution in [0.4, 0.5) is 13.9 Å². The van der Waals surface area contributed by atoms with E-state index >= 15 is 0 Å². The minimum absolute atomic E-state index is 0. The Labute approximate surface area is 193 Å². The number of carbonyl (C=O) groups is 1. The summed E-state index contributed by atoms with van der Waals surface area (Å²) < 4.78 is 33.5. The first-order chi connectivity index (χ1) is 14.6. The van der Waals surface area contributed by atoms with Crippen molar-refractivity contribution in [3.05, 3.63) is 52.2 Å². The number of nitrogens with zero attached hydrogens (tertiary/aromatic N) is 3. The van der Waals surface area contributed by atoms with Gasteiger partial charge >= 0.3 is 0 Å². The third kappa shape index (κ3) is 6.08. The number of carbonyl (C=O) groups excluding carboxylic acids is 1. The van der Waals surface area contributed by atoms with Crippen molar-refractivity contribution in [3.8, 4) is 0 Å². The smallest absolute Gasteiger partial charge is 0.252 e. The summed E-state index contributed by atoms with van der Waals surface area (Å²) in [6.45, 7) is 4.45. The van der Waals surface area contributed by atoms with Gasteiger partial charge in [0.1, 0.15) is 11.3 Å². The van der Waals surface area contributed by atoms with Crippen LogP contribution in [0.2, 0.25) is 0 Å². The molecular weight excluding hydrogens is 464 g/mol. The molecule has 0 N–H and O–H groups in total. The Morgan fingerprint density at radius 2 is 2.10 bits per heavy atom. The number of thiophene rings is 1. The Morgan fingerprint density at radius 3 is 2.84 bits per heavy atom. The van der Waals surface area contributed by atoms with E-state index in [0.717, 1.165) is 61.5 Å². The molecule has 1 aromatic carbocycles. The predicted molar refractivity (Wildman–Crippen MR) is 124 cm³/mol. The lowest BCUT2D eigenvalue weighted by Crippen LogP contribution is -2.39. The zero-order valence-electron chi connectivity index (χ0n) is 16.6. The van der Waals surface area contributed by atoms with Crippen LogP contribution in [0.1, 0.15) is 11.3 Å². The molecule has 1 fully saturated rings. The number of rotatable bonds is 7. The molecule has 3 heterocycles. The van der Waals surface area contributed by atoms with Crippen LogP contribution in [0.25, 0.3) is 16.3 Å². The van der Waals surface area contributed by atoms with E-state index in [1.54, 1.807) is 11.0 Å². The normalized spacial score (nSPS) is 14.8. The molecule has 31 heavy (non-hydrogen) atoms. The molecule has 0 radical (unpaired) electrons. The highest BCUT2D eigenvalue weighted by atomic mass is 35.5. The van der Waals surface area contributed by atoms with Gasteiger partial charge in [-0.1, -0.05) is 17.4 Å². The number of amides is 1. The average molecular weight is 486 g/mol. The lowest BCUT2D eigenvalue weighted by molar-refractivity contribution is -0.114. The van der Waals surface area contributed by atoms with E-state index in [1.807, 2.05) is 17.5 Å². The van der Waals surface area contributed by atoms with E-state index < -0.39 is 11.6 Å². The van der Waals surface area contributed by atoms with Gasteiger partial charge in [-0.3, -0.25) is 14.6 Å². The van der Waals surface area contributed by atoms with E-state index in [4.69, 9.17) is 4.74 Å². The van der Waals surface area contributed by atoms with Gasteiger partial charge < -0.3 is 4.74 Å². The number of anilines is 1. The summed E-state index contributed by atoms with van der Waals surface area (Å²) in [6, 6.07) is 5.90. The summed E-state index contributed by atoms with van der Waals surface area (Å²) in [4.78, 5) is 22.1. The Morgan fingerprint density at radius 1 is 1.29 bits per heavy atom. The summed E-state index contributed by atoms with van der Waals surface area (Å²) >= 11 is 2.66. The van der Waals surface area contributed by atoms with Gasteiger partial charge in [0.15, 0.2) is 10.9 Å². The fourth-order valence-corrected chi connectivity index (χ4v) is 4.92. The molecule has 0 aliphatic carbocycles. The van der Waals surface area contributed by atoms with E-state index in [9.17, 15) is 13.6 Å². The maximum Gasteiger partial charge on any atom is 0.252 e. The molecule has 166 valence electrons. The van der Waals surface area contributed by atoms with Crippen LogP contribution in [0.3, 0.4) is 0 Å². The maximum atomic E-state index is 14.1. The number of hydrogen-bond donors (Lipinski definition) is 0. The van der Waals surface area contributed by atoms with E-state index in [-0.39, 0.29) is 23.8 Å². The van der Waals surface area contributed by atoms with Gasteiger partial charge in [-0.15, -0.1) is 23.7 Å². The molecule has 0 unspecified atom stereocenters. The van der Waals surface area contributed by atoms with Crippen molar-refractivity contribution in [2.75, 3.05) is 44.3 Å². The number of hydrogen-bond acceptors (Lipinski definition) is 6. The summed E-state index contributed by atoms with van der Waals surface area (Å²) in [5.74, 6) is -1.61. The highest BCUT2D eigenvalue weighted by Gasteiger charge is 2.20. The number of fused-ring (bicyclic) bond motifs is 1. The second-order valence-corrected chi connectivity index (χ2v) is 8.87. The van der Waals surface area contributed by atoms with Gasteiger partial charge in [0.25, 0.3) is 5.91 Å². The Balaban J connectivity index is 0.00000272. The quantitative estimate of drug-likeness (QED) is 0.450. The first kappa shape index (κ1) is 23.7. The molecule has 1 amide bonds. The van der Waals surface area contributed by atoms with Gasteiger partial charge in [0.05, 0.1) is 17.9 Å². The predicted octanol–water partition coefficient (Wildman–Crippen LogP) is 4.83. The number of halogens is 3. The van der Waals surface area contributed by atoms with Gasteiger partial charge in [-0.05, 0) is 30.0 Å². The lowest BCUT2D eigenvalue weighted by Gasteiger charge is -2.27. The van der Waals surface area contributed by atoms with Crippen molar-refractivity contribution < 1.29 is 18.3 Å². The summed E-state index contributed by atoms with van der Waals surface area (Å²) in [5, 5.41) is 2.31. The molecule has 4 rings (SSSR count). The second-order valence-electron chi connectivity index (χ2n) is 6.88. The molecule has 1 saturated heterocycles. The molecule has 0 bridgehead atoms. The molecule has 1 aliphatic rings. The molecule has 2 aromatic heterocycles. The van der Waals surface area contributed by atoms with Crippen LogP contribution in [-0.2, 0) is 9.53 Å². The summed E-state index contributed by atoms with van der Waals surface area (Å²) in [7, 11) is 0. The average Bonchev–Trinajstić information content (AvgIpc) is 3.40. The van der Waals surface area contributed by atoms with Crippen molar-refractivity contribution in [1.29, 1.82) is 0 Å². The highest BCUT2D eigenvalue weighted by molar-refractivity contribution is 7.22. The topological polar surface area (TPSA) is 45.7 Å². The van der Waals surface area contributed by atoms with Gasteiger partial charge in [-0.2, -0.15) is 0 Å². The Bertz CT molecular complexity index is 1040. The molecule has 5 nitrogen and oxygen atoms in total. The van der Waals surface area contributed by atoms with Gasteiger partial charge in [-0.25, -0.2) is 13.8 Å². The summed E-state index contributed by atoms with van der Waals surface area (Å²) in [5.41, 5.74) is 0.0876. The number of thiazole rings is 1.